The zero-order chi connectivity index (χ0) is 13.0. The molecule has 92 valence electrons. The van der Waals surface area contributed by atoms with Gasteiger partial charge in [-0.25, -0.2) is 0 Å². The number of anilines is 1. The number of hydrogen-bond acceptors (Lipinski definition) is 2. The Morgan fingerprint density at radius 2 is 1.88 bits per heavy atom. The van der Waals surface area contributed by atoms with E-state index < -0.39 is 0 Å². The molecule has 0 aliphatic carbocycles. The minimum Gasteiger partial charge on any atom is -0.345 e. The van der Waals surface area contributed by atoms with E-state index in [4.69, 9.17) is 0 Å². The van der Waals surface area contributed by atoms with Crippen LogP contribution in [0.2, 0.25) is 0 Å². The van der Waals surface area contributed by atoms with Crippen LogP contribution in [0.3, 0.4) is 0 Å². The van der Waals surface area contributed by atoms with Crippen molar-refractivity contribution in [3.05, 3.63) is 29.8 Å². The predicted octanol–water partition coefficient (Wildman–Crippen LogP) is 1.98. The van der Waals surface area contributed by atoms with E-state index in [1.807, 2.05) is 13.8 Å². The van der Waals surface area contributed by atoms with E-state index in [9.17, 15) is 9.59 Å². The topological polar surface area (TPSA) is 49.4 Å². The van der Waals surface area contributed by atoms with Gasteiger partial charge in [0.1, 0.15) is 0 Å². The van der Waals surface area contributed by atoms with Gasteiger partial charge in [0.25, 0.3) is 5.91 Å². The smallest absolute Gasteiger partial charge is 0.253 e. The first-order valence-corrected chi connectivity index (χ1v) is 5.54. The number of carbonyl (C=O) groups excluding carboxylic acids is 2. The summed E-state index contributed by atoms with van der Waals surface area (Å²) in [5, 5.41) is 2.77. The van der Waals surface area contributed by atoms with Crippen molar-refractivity contribution in [2.45, 2.75) is 13.8 Å². The van der Waals surface area contributed by atoms with Crippen LogP contribution in [0.25, 0.3) is 0 Å². The van der Waals surface area contributed by atoms with Gasteiger partial charge < -0.3 is 10.2 Å². The summed E-state index contributed by atoms with van der Waals surface area (Å²) in [6.45, 7) is 3.65. The molecule has 1 aromatic carbocycles. The lowest BCUT2D eigenvalue weighted by Gasteiger charge is -2.12. The lowest BCUT2D eigenvalue weighted by molar-refractivity contribution is -0.118. The Labute approximate surface area is 102 Å². The van der Waals surface area contributed by atoms with E-state index >= 15 is 0 Å². The molecule has 4 nitrogen and oxygen atoms in total. The minimum absolute atomic E-state index is 0.0561. The van der Waals surface area contributed by atoms with E-state index in [1.165, 1.54) is 4.90 Å². The molecule has 1 rings (SSSR count). The highest BCUT2D eigenvalue weighted by molar-refractivity contribution is 5.97. The monoisotopic (exact) mass is 234 g/mol. The third kappa shape index (κ3) is 3.59. The summed E-state index contributed by atoms with van der Waals surface area (Å²) < 4.78 is 0. The van der Waals surface area contributed by atoms with Crippen molar-refractivity contribution in [2.75, 3.05) is 19.4 Å². The number of amides is 2. The van der Waals surface area contributed by atoms with E-state index in [0.717, 1.165) is 0 Å². The molecular weight excluding hydrogens is 216 g/mol. The third-order valence-electron chi connectivity index (χ3n) is 2.31. The molecule has 2 amide bonds. The van der Waals surface area contributed by atoms with Crippen molar-refractivity contribution in [1.29, 1.82) is 0 Å². The van der Waals surface area contributed by atoms with Crippen molar-refractivity contribution in [2.24, 2.45) is 5.92 Å². The zero-order valence-electron chi connectivity index (χ0n) is 10.7. The van der Waals surface area contributed by atoms with Crippen LogP contribution in [0.5, 0.6) is 0 Å². The minimum atomic E-state index is -0.0804. The van der Waals surface area contributed by atoms with Crippen LogP contribution < -0.4 is 5.32 Å². The summed E-state index contributed by atoms with van der Waals surface area (Å²) in [6.07, 6.45) is 0. The zero-order valence-corrected chi connectivity index (χ0v) is 10.7. The molecule has 17 heavy (non-hydrogen) atoms. The fourth-order valence-corrected chi connectivity index (χ4v) is 1.27. The predicted molar refractivity (Wildman–Crippen MR) is 67.9 cm³/mol. The summed E-state index contributed by atoms with van der Waals surface area (Å²) in [4.78, 5) is 24.8. The van der Waals surface area contributed by atoms with Crippen molar-refractivity contribution in [1.82, 2.24) is 4.90 Å². The van der Waals surface area contributed by atoms with Crippen molar-refractivity contribution in [3.63, 3.8) is 0 Å². The number of nitrogens with one attached hydrogen (secondary N) is 1. The number of hydrogen-bond donors (Lipinski definition) is 1. The maximum atomic E-state index is 11.7. The first-order valence-electron chi connectivity index (χ1n) is 5.54. The first kappa shape index (κ1) is 13.2. The van der Waals surface area contributed by atoms with Gasteiger partial charge in [-0.05, 0) is 18.2 Å². The molecule has 0 radical (unpaired) electrons. The molecule has 0 heterocycles. The molecule has 0 aliphatic rings. The summed E-state index contributed by atoms with van der Waals surface area (Å²) in [6, 6.07) is 6.94. The number of benzene rings is 1. The first-order chi connectivity index (χ1) is 7.91. The Bertz CT molecular complexity index is 425. The fourth-order valence-electron chi connectivity index (χ4n) is 1.27. The normalized spacial score (nSPS) is 10.2. The maximum Gasteiger partial charge on any atom is 0.253 e. The third-order valence-corrected chi connectivity index (χ3v) is 2.31. The van der Waals surface area contributed by atoms with E-state index in [-0.39, 0.29) is 17.7 Å². The van der Waals surface area contributed by atoms with Crippen LogP contribution in [0.4, 0.5) is 5.69 Å². The highest BCUT2D eigenvalue weighted by atomic mass is 16.2. The molecule has 0 saturated heterocycles. The summed E-state index contributed by atoms with van der Waals surface area (Å²) in [7, 11) is 3.39. The van der Waals surface area contributed by atoms with Gasteiger partial charge in [0, 0.05) is 31.3 Å². The Kier molecular flexibility index (Phi) is 4.26. The molecule has 0 saturated carbocycles. The summed E-state index contributed by atoms with van der Waals surface area (Å²) in [5.74, 6) is -0.215. The molecule has 1 N–H and O–H groups in total. The second-order valence-electron chi connectivity index (χ2n) is 4.42. The van der Waals surface area contributed by atoms with Gasteiger partial charge in [-0.1, -0.05) is 19.9 Å². The molecule has 4 heteroatoms. The Morgan fingerprint density at radius 1 is 1.24 bits per heavy atom. The largest absolute Gasteiger partial charge is 0.345 e. The van der Waals surface area contributed by atoms with Crippen molar-refractivity contribution in [3.8, 4) is 0 Å². The Balaban J connectivity index is 2.86. The van der Waals surface area contributed by atoms with Crippen molar-refractivity contribution >= 4 is 17.5 Å². The molecule has 0 spiro atoms. The molecule has 0 bridgehead atoms. The molecule has 0 aromatic heterocycles. The Morgan fingerprint density at radius 3 is 2.41 bits per heavy atom. The van der Waals surface area contributed by atoms with Crippen LogP contribution in [0.15, 0.2) is 24.3 Å². The lowest BCUT2D eigenvalue weighted by atomic mass is 10.1. The van der Waals surface area contributed by atoms with Gasteiger partial charge in [-0.2, -0.15) is 0 Å². The number of carbonyl (C=O) groups is 2. The van der Waals surface area contributed by atoms with Crippen LogP contribution in [0.1, 0.15) is 24.2 Å². The second-order valence-corrected chi connectivity index (χ2v) is 4.42. The van der Waals surface area contributed by atoms with Gasteiger partial charge in [-0.15, -0.1) is 0 Å². The van der Waals surface area contributed by atoms with E-state index in [1.54, 1.807) is 38.4 Å². The van der Waals surface area contributed by atoms with Crippen LogP contribution >= 0.6 is 0 Å². The van der Waals surface area contributed by atoms with E-state index in [2.05, 4.69) is 5.32 Å². The van der Waals surface area contributed by atoms with Gasteiger partial charge in [-0.3, -0.25) is 9.59 Å². The number of nitrogens with zero attached hydrogens (tertiary/aromatic N) is 1. The van der Waals surface area contributed by atoms with Gasteiger partial charge in [0.2, 0.25) is 5.91 Å². The van der Waals surface area contributed by atoms with Gasteiger partial charge >= 0.3 is 0 Å². The molecule has 0 fully saturated rings. The fraction of sp³-hybridized carbons (Fsp3) is 0.385. The summed E-state index contributed by atoms with van der Waals surface area (Å²) >= 11 is 0. The quantitative estimate of drug-likeness (QED) is 0.869. The molecule has 1 aromatic rings. The second kappa shape index (κ2) is 5.48. The van der Waals surface area contributed by atoms with Gasteiger partial charge in [0.05, 0.1) is 0 Å². The standard InChI is InChI=1S/C13H18N2O2/c1-9(2)12(16)14-11-7-5-6-10(8-11)13(17)15(3)4/h5-9H,1-4H3,(H,14,16). The van der Waals surface area contributed by atoms with Crippen LogP contribution in [-0.4, -0.2) is 30.8 Å². The maximum absolute atomic E-state index is 11.7. The lowest BCUT2D eigenvalue weighted by Crippen LogP contribution is -2.22. The molecular formula is C13H18N2O2. The highest BCUT2D eigenvalue weighted by Gasteiger charge is 2.10. The molecule has 0 atom stereocenters. The number of rotatable bonds is 3. The SMILES string of the molecule is CC(C)C(=O)Nc1cccc(C(=O)N(C)C)c1. The average Bonchev–Trinajstić information content (AvgIpc) is 2.28. The van der Waals surface area contributed by atoms with Crippen molar-refractivity contribution < 1.29 is 9.59 Å². The Hall–Kier alpha value is -1.84. The van der Waals surface area contributed by atoms with Crippen LogP contribution in [0, 0.1) is 5.92 Å². The van der Waals surface area contributed by atoms with Gasteiger partial charge in [0.15, 0.2) is 0 Å². The van der Waals surface area contributed by atoms with E-state index in [0.29, 0.717) is 11.3 Å². The summed E-state index contributed by atoms with van der Waals surface area (Å²) in [5.41, 5.74) is 1.22. The molecule has 0 aliphatic heterocycles. The molecule has 0 unspecified atom stereocenters. The highest BCUT2D eigenvalue weighted by Crippen LogP contribution is 2.13. The van der Waals surface area contributed by atoms with Crippen LogP contribution in [-0.2, 0) is 4.79 Å². The average molecular weight is 234 g/mol.